The lowest BCUT2D eigenvalue weighted by atomic mass is 9.86. The second-order valence-electron chi connectivity index (χ2n) is 5.55. The van der Waals surface area contributed by atoms with E-state index < -0.39 is 0 Å². The Morgan fingerprint density at radius 1 is 1.16 bits per heavy atom. The molecule has 2 heteroatoms. The number of benzene rings is 1. The van der Waals surface area contributed by atoms with Crippen molar-refractivity contribution in [1.82, 2.24) is 5.32 Å². The molecule has 1 aromatic carbocycles. The Morgan fingerprint density at radius 3 is 2.16 bits per heavy atom. The second-order valence-corrected chi connectivity index (χ2v) is 5.55. The molecule has 0 amide bonds. The number of nitrogens with one attached hydrogen (secondary N) is 1. The Labute approximate surface area is 117 Å². The third-order valence-corrected chi connectivity index (χ3v) is 4.05. The van der Waals surface area contributed by atoms with E-state index >= 15 is 0 Å². The smallest absolute Gasteiger partial charge is 0.129 e. The molecule has 108 valence electrons. The predicted octanol–water partition coefficient (Wildman–Crippen LogP) is 4.92. The molecule has 0 aliphatic carbocycles. The van der Waals surface area contributed by atoms with Gasteiger partial charge in [0.05, 0.1) is 0 Å². The summed E-state index contributed by atoms with van der Waals surface area (Å²) in [6.07, 6.45) is 4.87. The van der Waals surface area contributed by atoms with Gasteiger partial charge in [0.1, 0.15) is 5.82 Å². The van der Waals surface area contributed by atoms with Gasteiger partial charge in [-0.1, -0.05) is 45.2 Å². The topological polar surface area (TPSA) is 12.0 Å². The minimum atomic E-state index is -0.0693. The molecule has 0 fully saturated rings. The lowest BCUT2D eigenvalue weighted by Gasteiger charge is -2.27. The first-order valence-electron chi connectivity index (χ1n) is 7.49. The van der Waals surface area contributed by atoms with Gasteiger partial charge in [-0.3, -0.25) is 0 Å². The molecule has 0 heterocycles. The van der Waals surface area contributed by atoms with E-state index in [1.165, 1.54) is 24.8 Å². The van der Waals surface area contributed by atoms with Crippen LogP contribution in [0, 0.1) is 25.6 Å². The molecule has 19 heavy (non-hydrogen) atoms. The van der Waals surface area contributed by atoms with Crippen LogP contribution in [0.5, 0.6) is 0 Å². The molecular formula is C17H28FN. The third kappa shape index (κ3) is 4.04. The van der Waals surface area contributed by atoms with Crippen LogP contribution in [0.25, 0.3) is 0 Å². The van der Waals surface area contributed by atoms with Crippen LogP contribution in [0.4, 0.5) is 4.39 Å². The molecule has 0 saturated carbocycles. The van der Waals surface area contributed by atoms with Gasteiger partial charge in [0.25, 0.3) is 0 Å². The summed E-state index contributed by atoms with van der Waals surface area (Å²) in [6, 6.07) is 4.32. The normalized spacial score (nSPS) is 14.4. The molecule has 0 spiro atoms. The van der Waals surface area contributed by atoms with E-state index in [0.29, 0.717) is 12.0 Å². The first-order valence-corrected chi connectivity index (χ1v) is 7.49. The highest BCUT2D eigenvalue weighted by Crippen LogP contribution is 2.30. The third-order valence-electron chi connectivity index (χ3n) is 4.05. The highest BCUT2D eigenvalue weighted by Gasteiger charge is 2.21. The molecule has 0 radical (unpaired) electrons. The van der Waals surface area contributed by atoms with Crippen LogP contribution < -0.4 is 5.32 Å². The Balaban J connectivity index is 3.01. The van der Waals surface area contributed by atoms with Crippen LogP contribution in [-0.4, -0.2) is 7.05 Å². The summed E-state index contributed by atoms with van der Waals surface area (Å²) in [5, 5.41) is 3.43. The molecule has 0 aliphatic heterocycles. The summed E-state index contributed by atoms with van der Waals surface area (Å²) in [5.41, 5.74) is 2.73. The minimum Gasteiger partial charge on any atom is -0.313 e. The first-order chi connectivity index (χ1) is 9.04. The van der Waals surface area contributed by atoms with E-state index in [1.807, 2.05) is 33.0 Å². The fourth-order valence-corrected chi connectivity index (χ4v) is 2.91. The van der Waals surface area contributed by atoms with E-state index in [4.69, 9.17) is 0 Å². The van der Waals surface area contributed by atoms with Gasteiger partial charge >= 0.3 is 0 Å². The molecule has 1 rings (SSSR count). The standard InChI is InChI=1S/C17H28FN/c1-6-8-9-14(7-2)17(19-5)15-10-12(3)16(18)13(4)11-15/h10-11,14,17,19H,6-9H2,1-5H3. The van der Waals surface area contributed by atoms with Gasteiger partial charge in [0.15, 0.2) is 0 Å². The van der Waals surface area contributed by atoms with Gasteiger partial charge in [-0.2, -0.15) is 0 Å². The maximum atomic E-state index is 13.7. The number of aryl methyl sites for hydroxylation is 2. The highest BCUT2D eigenvalue weighted by molar-refractivity contribution is 5.32. The zero-order chi connectivity index (χ0) is 14.4. The summed E-state index contributed by atoms with van der Waals surface area (Å²) in [4.78, 5) is 0. The summed E-state index contributed by atoms with van der Waals surface area (Å²) in [7, 11) is 2.01. The van der Waals surface area contributed by atoms with Gasteiger partial charge in [-0.05, 0) is 49.9 Å². The van der Waals surface area contributed by atoms with Crippen molar-refractivity contribution in [1.29, 1.82) is 0 Å². The summed E-state index contributed by atoms with van der Waals surface area (Å²) in [5.74, 6) is 0.550. The Bertz CT molecular complexity index is 377. The molecule has 0 aromatic heterocycles. The van der Waals surface area contributed by atoms with Crippen LogP contribution in [0.1, 0.15) is 62.3 Å². The highest BCUT2D eigenvalue weighted by atomic mass is 19.1. The molecule has 1 nitrogen and oxygen atoms in total. The van der Waals surface area contributed by atoms with Crippen LogP contribution in [-0.2, 0) is 0 Å². The lowest BCUT2D eigenvalue weighted by molar-refractivity contribution is 0.338. The van der Waals surface area contributed by atoms with E-state index in [9.17, 15) is 4.39 Å². The molecule has 1 N–H and O–H groups in total. The Kier molecular flexibility index (Phi) is 6.50. The monoisotopic (exact) mass is 265 g/mol. The van der Waals surface area contributed by atoms with Crippen molar-refractivity contribution >= 4 is 0 Å². The fourth-order valence-electron chi connectivity index (χ4n) is 2.91. The molecule has 2 unspecified atom stereocenters. The SMILES string of the molecule is CCCCC(CC)C(NC)c1cc(C)c(F)c(C)c1. The zero-order valence-corrected chi connectivity index (χ0v) is 13.0. The largest absolute Gasteiger partial charge is 0.313 e. The summed E-state index contributed by atoms with van der Waals surface area (Å²) in [6.45, 7) is 8.18. The number of rotatable bonds is 7. The van der Waals surface area contributed by atoms with Crippen LogP contribution in [0.3, 0.4) is 0 Å². The van der Waals surface area contributed by atoms with Gasteiger partial charge in [0, 0.05) is 6.04 Å². The lowest BCUT2D eigenvalue weighted by Crippen LogP contribution is -2.25. The van der Waals surface area contributed by atoms with Crippen LogP contribution in [0.2, 0.25) is 0 Å². The molecule has 0 saturated heterocycles. The Hall–Kier alpha value is -0.890. The molecule has 0 bridgehead atoms. The van der Waals surface area contributed by atoms with E-state index in [2.05, 4.69) is 19.2 Å². The number of unbranched alkanes of at least 4 members (excludes halogenated alkanes) is 1. The maximum Gasteiger partial charge on any atom is 0.129 e. The summed E-state index contributed by atoms with van der Waals surface area (Å²) >= 11 is 0. The maximum absolute atomic E-state index is 13.7. The van der Waals surface area contributed by atoms with Crippen molar-refractivity contribution in [2.24, 2.45) is 5.92 Å². The van der Waals surface area contributed by atoms with Crippen molar-refractivity contribution in [2.75, 3.05) is 7.05 Å². The van der Waals surface area contributed by atoms with Crippen molar-refractivity contribution in [3.63, 3.8) is 0 Å². The molecular weight excluding hydrogens is 237 g/mol. The number of halogens is 1. The average Bonchev–Trinajstić information content (AvgIpc) is 2.40. The molecule has 2 atom stereocenters. The van der Waals surface area contributed by atoms with E-state index in [0.717, 1.165) is 17.5 Å². The van der Waals surface area contributed by atoms with Gasteiger partial charge < -0.3 is 5.32 Å². The Morgan fingerprint density at radius 2 is 1.74 bits per heavy atom. The van der Waals surface area contributed by atoms with Crippen molar-refractivity contribution in [3.05, 3.63) is 34.6 Å². The van der Waals surface area contributed by atoms with Crippen LogP contribution >= 0.6 is 0 Å². The first kappa shape index (κ1) is 16.2. The van der Waals surface area contributed by atoms with Gasteiger partial charge in [-0.25, -0.2) is 4.39 Å². The average molecular weight is 265 g/mol. The molecule has 1 aromatic rings. The van der Waals surface area contributed by atoms with Gasteiger partial charge in [0.2, 0.25) is 0 Å². The van der Waals surface area contributed by atoms with Crippen LogP contribution in [0.15, 0.2) is 12.1 Å². The zero-order valence-electron chi connectivity index (χ0n) is 13.0. The second kappa shape index (κ2) is 7.64. The predicted molar refractivity (Wildman–Crippen MR) is 81.0 cm³/mol. The fraction of sp³-hybridized carbons (Fsp3) is 0.647. The van der Waals surface area contributed by atoms with Crippen molar-refractivity contribution in [2.45, 2.75) is 59.4 Å². The van der Waals surface area contributed by atoms with Gasteiger partial charge in [-0.15, -0.1) is 0 Å². The molecule has 0 aliphatic rings. The quantitative estimate of drug-likeness (QED) is 0.738. The van der Waals surface area contributed by atoms with Crippen molar-refractivity contribution < 1.29 is 4.39 Å². The van der Waals surface area contributed by atoms with E-state index in [-0.39, 0.29) is 5.82 Å². The van der Waals surface area contributed by atoms with E-state index in [1.54, 1.807) is 0 Å². The number of hydrogen-bond acceptors (Lipinski definition) is 1. The number of hydrogen-bond donors (Lipinski definition) is 1. The van der Waals surface area contributed by atoms with Crippen molar-refractivity contribution in [3.8, 4) is 0 Å². The minimum absolute atomic E-state index is 0.0693. The summed E-state index contributed by atoms with van der Waals surface area (Å²) < 4.78 is 13.7.